The molecule has 1 heterocycles. The van der Waals surface area contributed by atoms with Gasteiger partial charge in [-0.3, -0.25) is 0 Å². The van der Waals surface area contributed by atoms with E-state index < -0.39 is 23.8 Å². The van der Waals surface area contributed by atoms with Gasteiger partial charge in [-0.15, -0.1) is 0 Å². The molecule has 0 aliphatic carbocycles. The van der Waals surface area contributed by atoms with Crippen LogP contribution in [0.15, 0.2) is 30.5 Å². The summed E-state index contributed by atoms with van der Waals surface area (Å²) in [6.07, 6.45) is -2.83. The predicted octanol–water partition coefficient (Wildman–Crippen LogP) is 3.39. The summed E-state index contributed by atoms with van der Waals surface area (Å²) >= 11 is 0. The van der Waals surface area contributed by atoms with Crippen LogP contribution in [0.3, 0.4) is 0 Å². The molecule has 102 valence electrons. The summed E-state index contributed by atoms with van der Waals surface area (Å²) in [6, 6.07) is 4.43. The van der Waals surface area contributed by atoms with E-state index in [2.05, 4.69) is 4.74 Å². The van der Waals surface area contributed by atoms with Gasteiger partial charge in [-0.1, -0.05) is 6.07 Å². The average molecular weight is 271 g/mol. The number of halogens is 3. The third-order valence-electron chi connectivity index (χ3n) is 3.01. The minimum atomic E-state index is -4.40. The van der Waals surface area contributed by atoms with E-state index in [9.17, 15) is 18.0 Å². The molecule has 1 atom stereocenters. The lowest BCUT2D eigenvalue weighted by molar-refractivity contribution is -0.143. The Morgan fingerprint density at radius 3 is 2.58 bits per heavy atom. The highest BCUT2D eigenvalue weighted by Crippen LogP contribution is 2.32. The summed E-state index contributed by atoms with van der Waals surface area (Å²) in [4.78, 5) is 11.5. The van der Waals surface area contributed by atoms with Crippen molar-refractivity contribution < 1.29 is 22.7 Å². The molecule has 3 nitrogen and oxygen atoms in total. The standard InChI is InChI=1S/C13H12F3NO2/c1-8(12(18)19-2)17-6-5-9-3-4-10(7-11(9)17)13(14,15)16/h3-8H,1-2H3. The summed E-state index contributed by atoms with van der Waals surface area (Å²) in [6.45, 7) is 1.57. The molecule has 1 aromatic carbocycles. The monoisotopic (exact) mass is 271 g/mol. The molecule has 1 unspecified atom stereocenters. The van der Waals surface area contributed by atoms with Gasteiger partial charge in [0, 0.05) is 11.7 Å². The lowest BCUT2D eigenvalue weighted by Gasteiger charge is -2.14. The number of fused-ring (bicyclic) bond motifs is 1. The zero-order valence-corrected chi connectivity index (χ0v) is 10.4. The molecule has 19 heavy (non-hydrogen) atoms. The van der Waals surface area contributed by atoms with E-state index in [1.54, 1.807) is 19.2 Å². The Labute approximate surface area is 107 Å². The van der Waals surface area contributed by atoms with Crippen LogP contribution in [0.5, 0.6) is 0 Å². The maximum absolute atomic E-state index is 12.7. The fourth-order valence-electron chi connectivity index (χ4n) is 1.95. The first-order valence-electron chi connectivity index (χ1n) is 5.60. The minimum absolute atomic E-state index is 0.354. The molecule has 0 saturated heterocycles. The van der Waals surface area contributed by atoms with Crippen LogP contribution in [-0.4, -0.2) is 17.6 Å². The van der Waals surface area contributed by atoms with Crippen molar-refractivity contribution >= 4 is 16.9 Å². The highest BCUT2D eigenvalue weighted by Gasteiger charge is 2.31. The number of alkyl halides is 3. The number of aromatic nitrogens is 1. The average Bonchev–Trinajstić information content (AvgIpc) is 2.78. The Kier molecular flexibility index (Phi) is 3.26. The van der Waals surface area contributed by atoms with Gasteiger partial charge in [-0.2, -0.15) is 13.2 Å². The quantitative estimate of drug-likeness (QED) is 0.784. The number of rotatable bonds is 2. The molecule has 0 aliphatic heterocycles. The summed E-state index contributed by atoms with van der Waals surface area (Å²) in [5.74, 6) is -0.505. The molecule has 0 amide bonds. The maximum atomic E-state index is 12.7. The Morgan fingerprint density at radius 2 is 2.00 bits per heavy atom. The molecule has 2 aromatic rings. The van der Waals surface area contributed by atoms with Crippen molar-refractivity contribution in [1.29, 1.82) is 0 Å². The van der Waals surface area contributed by atoms with E-state index in [0.717, 1.165) is 12.1 Å². The summed E-state index contributed by atoms with van der Waals surface area (Å²) in [7, 11) is 1.24. The lowest BCUT2D eigenvalue weighted by Crippen LogP contribution is -2.17. The molecule has 0 radical (unpaired) electrons. The van der Waals surface area contributed by atoms with Gasteiger partial charge in [0.05, 0.1) is 12.7 Å². The largest absolute Gasteiger partial charge is 0.467 e. The number of methoxy groups -OCH3 is 1. The zero-order chi connectivity index (χ0) is 14.2. The molecule has 0 N–H and O–H groups in total. The van der Waals surface area contributed by atoms with Crippen LogP contribution >= 0.6 is 0 Å². The number of carbonyl (C=O) groups excluding carboxylic acids is 1. The number of hydrogen-bond donors (Lipinski definition) is 0. The van der Waals surface area contributed by atoms with Gasteiger partial charge in [0.25, 0.3) is 0 Å². The normalized spacial score (nSPS) is 13.5. The Morgan fingerprint density at radius 1 is 1.32 bits per heavy atom. The van der Waals surface area contributed by atoms with Gasteiger partial charge < -0.3 is 9.30 Å². The van der Waals surface area contributed by atoms with Crippen molar-refractivity contribution in [3.8, 4) is 0 Å². The summed E-state index contributed by atoms with van der Waals surface area (Å²) in [5, 5.41) is 0.642. The van der Waals surface area contributed by atoms with Crippen LogP contribution in [0, 0.1) is 0 Å². The van der Waals surface area contributed by atoms with Crippen LogP contribution in [0.2, 0.25) is 0 Å². The number of benzene rings is 1. The second-order valence-corrected chi connectivity index (χ2v) is 4.19. The summed E-state index contributed by atoms with van der Waals surface area (Å²) < 4.78 is 44.1. The second-order valence-electron chi connectivity index (χ2n) is 4.19. The van der Waals surface area contributed by atoms with E-state index in [1.165, 1.54) is 17.7 Å². The summed E-state index contributed by atoms with van der Waals surface area (Å²) in [5.41, 5.74) is -0.384. The van der Waals surface area contributed by atoms with Crippen LogP contribution in [0.4, 0.5) is 13.2 Å². The van der Waals surface area contributed by atoms with Crippen LogP contribution < -0.4 is 0 Å². The first-order valence-corrected chi connectivity index (χ1v) is 5.60. The third-order valence-corrected chi connectivity index (χ3v) is 3.01. The van der Waals surface area contributed by atoms with Gasteiger partial charge in [-0.25, -0.2) is 4.79 Å². The van der Waals surface area contributed by atoms with E-state index in [4.69, 9.17) is 0 Å². The molecule has 6 heteroatoms. The van der Waals surface area contributed by atoms with Crippen molar-refractivity contribution in [2.24, 2.45) is 0 Å². The van der Waals surface area contributed by atoms with E-state index in [-0.39, 0.29) is 0 Å². The number of nitrogens with zero attached hydrogens (tertiary/aromatic N) is 1. The molecule has 2 rings (SSSR count). The van der Waals surface area contributed by atoms with Crippen molar-refractivity contribution in [3.63, 3.8) is 0 Å². The Bertz CT molecular complexity index is 616. The van der Waals surface area contributed by atoms with Crippen LogP contribution in [0.1, 0.15) is 18.5 Å². The predicted molar refractivity (Wildman–Crippen MR) is 63.7 cm³/mol. The van der Waals surface area contributed by atoms with E-state index in [1.807, 2.05) is 0 Å². The molecule has 0 bridgehead atoms. The lowest BCUT2D eigenvalue weighted by atomic mass is 10.1. The van der Waals surface area contributed by atoms with Crippen molar-refractivity contribution in [1.82, 2.24) is 4.57 Å². The molecular weight excluding hydrogens is 259 g/mol. The van der Waals surface area contributed by atoms with Crippen molar-refractivity contribution in [2.75, 3.05) is 7.11 Å². The van der Waals surface area contributed by atoms with Gasteiger partial charge in [0.1, 0.15) is 6.04 Å². The third kappa shape index (κ3) is 2.43. The zero-order valence-electron chi connectivity index (χ0n) is 10.4. The number of carbonyl (C=O) groups is 1. The topological polar surface area (TPSA) is 31.2 Å². The first-order chi connectivity index (χ1) is 8.84. The molecular formula is C13H12F3NO2. The maximum Gasteiger partial charge on any atom is 0.416 e. The Hall–Kier alpha value is -1.98. The molecule has 0 aliphatic rings. The number of esters is 1. The van der Waals surface area contributed by atoms with Gasteiger partial charge >= 0.3 is 12.1 Å². The molecule has 1 aromatic heterocycles. The first kappa shape index (κ1) is 13.5. The SMILES string of the molecule is COC(=O)C(C)n1ccc2ccc(C(F)(F)F)cc21. The van der Waals surface area contributed by atoms with Crippen LogP contribution in [-0.2, 0) is 15.7 Å². The highest BCUT2D eigenvalue weighted by molar-refractivity contribution is 5.84. The fraction of sp³-hybridized carbons (Fsp3) is 0.308. The Balaban J connectivity index is 2.55. The van der Waals surface area contributed by atoms with Gasteiger partial charge in [0.15, 0.2) is 0 Å². The highest BCUT2D eigenvalue weighted by atomic mass is 19.4. The molecule has 0 spiro atoms. The number of ether oxygens (including phenoxy) is 1. The van der Waals surface area contributed by atoms with Gasteiger partial charge in [0.2, 0.25) is 0 Å². The minimum Gasteiger partial charge on any atom is -0.467 e. The molecule has 0 saturated carbocycles. The number of hydrogen-bond acceptors (Lipinski definition) is 2. The second kappa shape index (κ2) is 4.60. The van der Waals surface area contributed by atoms with Crippen molar-refractivity contribution in [2.45, 2.75) is 19.1 Å². The van der Waals surface area contributed by atoms with E-state index >= 15 is 0 Å². The van der Waals surface area contributed by atoms with Crippen LogP contribution in [0.25, 0.3) is 10.9 Å². The smallest absolute Gasteiger partial charge is 0.416 e. The van der Waals surface area contributed by atoms with E-state index in [0.29, 0.717) is 10.9 Å². The fourth-order valence-corrected chi connectivity index (χ4v) is 1.95. The van der Waals surface area contributed by atoms with Crippen molar-refractivity contribution in [3.05, 3.63) is 36.0 Å². The molecule has 0 fully saturated rings. The van der Waals surface area contributed by atoms with Gasteiger partial charge in [-0.05, 0) is 30.5 Å².